The molecule has 2 heterocycles. The Balaban J connectivity index is 1.66. The summed E-state index contributed by atoms with van der Waals surface area (Å²) in [5, 5.41) is 0.114. The van der Waals surface area contributed by atoms with Gasteiger partial charge in [0.1, 0.15) is 5.82 Å². The van der Waals surface area contributed by atoms with E-state index in [-0.39, 0.29) is 34.8 Å². The summed E-state index contributed by atoms with van der Waals surface area (Å²) in [6.07, 6.45) is 0.143. The van der Waals surface area contributed by atoms with Crippen molar-refractivity contribution in [2.75, 3.05) is 16.4 Å². The molecular weight excluding hydrogens is 399 g/mol. The number of hydrogen-bond acceptors (Lipinski definition) is 4. The van der Waals surface area contributed by atoms with Crippen molar-refractivity contribution in [3.05, 3.63) is 65.5 Å². The fourth-order valence-corrected chi connectivity index (χ4v) is 7.56. The number of sulfone groups is 1. The molecule has 0 N–H and O–H groups in total. The molecule has 5 nitrogen and oxygen atoms in total. The van der Waals surface area contributed by atoms with Crippen molar-refractivity contribution in [2.24, 2.45) is 4.99 Å². The minimum Gasteiger partial charge on any atom is -0.313 e. The molecule has 0 spiro atoms. The van der Waals surface area contributed by atoms with Gasteiger partial charge in [0.05, 0.1) is 29.7 Å². The predicted molar refractivity (Wildman–Crippen MR) is 110 cm³/mol. The average Bonchev–Trinajstić information content (AvgIpc) is 3.06. The van der Waals surface area contributed by atoms with Gasteiger partial charge in [0.25, 0.3) is 5.91 Å². The number of fused-ring (bicyclic) bond motifs is 1. The number of benzene rings is 2. The SMILES string of the molecule is Cc1cccc(CC(=O)N=C2SC3CS(=O)(=O)CC3N2c2ccccc2F)c1. The maximum Gasteiger partial charge on any atom is 0.252 e. The van der Waals surface area contributed by atoms with Crippen LogP contribution in [0.5, 0.6) is 0 Å². The van der Waals surface area contributed by atoms with E-state index in [2.05, 4.69) is 4.99 Å². The topological polar surface area (TPSA) is 66.8 Å². The number of carbonyl (C=O) groups is 1. The Bertz CT molecular complexity index is 1070. The van der Waals surface area contributed by atoms with Gasteiger partial charge in [-0.05, 0) is 24.6 Å². The van der Waals surface area contributed by atoms with Crippen molar-refractivity contribution >= 4 is 38.4 Å². The van der Waals surface area contributed by atoms with Gasteiger partial charge >= 0.3 is 0 Å². The third-order valence-corrected chi connectivity index (χ3v) is 8.05. The molecule has 28 heavy (non-hydrogen) atoms. The molecule has 0 saturated carbocycles. The molecule has 0 aliphatic carbocycles. The number of halogens is 1. The summed E-state index contributed by atoms with van der Waals surface area (Å²) in [7, 11) is -3.19. The van der Waals surface area contributed by atoms with Crippen molar-refractivity contribution in [1.29, 1.82) is 0 Å². The van der Waals surface area contributed by atoms with Gasteiger partial charge in [0, 0.05) is 5.25 Å². The zero-order valence-electron chi connectivity index (χ0n) is 15.2. The summed E-state index contributed by atoms with van der Waals surface area (Å²) in [6.45, 7) is 1.95. The number of thioether (sulfide) groups is 1. The molecule has 1 amide bonds. The largest absolute Gasteiger partial charge is 0.313 e. The molecule has 146 valence electrons. The van der Waals surface area contributed by atoms with E-state index < -0.39 is 21.7 Å². The summed E-state index contributed by atoms with van der Waals surface area (Å²) in [6, 6.07) is 13.4. The maximum atomic E-state index is 14.5. The first-order valence-electron chi connectivity index (χ1n) is 8.90. The normalized spacial score (nSPS) is 24.5. The molecule has 2 unspecified atom stereocenters. The standard InChI is InChI=1S/C20H19FN2O3S2/c1-13-5-4-6-14(9-13)10-19(24)22-20-23(16-8-3-2-7-15(16)21)17-11-28(25,26)12-18(17)27-20/h2-9,17-18H,10-12H2,1H3. The van der Waals surface area contributed by atoms with Gasteiger partial charge < -0.3 is 4.90 Å². The predicted octanol–water partition coefficient (Wildman–Crippen LogP) is 2.98. The van der Waals surface area contributed by atoms with Crippen LogP contribution >= 0.6 is 11.8 Å². The molecule has 0 bridgehead atoms. The quantitative estimate of drug-likeness (QED) is 0.767. The zero-order valence-corrected chi connectivity index (χ0v) is 16.8. The molecule has 2 saturated heterocycles. The lowest BCUT2D eigenvalue weighted by Gasteiger charge is -2.24. The van der Waals surface area contributed by atoms with Crippen LogP contribution in [-0.4, -0.2) is 42.3 Å². The Hall–Kier alpha value is -2.19. The highest BCUT2D eigenvalue weighted by molar-refractivity contribution is 8.16. The van der Waals surface area contributed by atoms with Crippen molar-refractivity contribution in [1.82, 2.24) is 0 Å². The number of anilines is 1. The number of aryl methyl sites for hydroxylation is 1. The van der Waals surface area contributed by atoms with Crippen molar-refractivity contribution in [3.8, 4) is 0 Å². The number of para-hydroxylation sites is 1. The van der Waals surface area contributed by atoms with E-state index in [1.807, 2.05) is 31.2 Å². The number of hydrogen-bond donors (Lipinski definition) is 0. The van der Waals surface area contributed by atoms with Gasteiger partial charge in [-0.15, -0.1) is 0 Å². The molecule has 2 aromatic carbocycles. The van der Waals surface area contributed by atoms with Gasteiger partial charge in [0.2, 0.25) is 0 Å². The lowest BCUT2D eigenvalue weighted by Crippen LogP contribution is -2.38. The lowest BCUT2D eigenvalue weighted by molar-refractivity contribution is -0.117. The van der Waals surface area contributed by atoms with E-state index in [1.54, 1.807) is 23.1 Å². The minimum absolute atomic E-state index is 0.0123. The Morgan fingerprint density at radius 2 is 2.00 bits per heavy atom. The van der Waals surface area contributed by atoms with Gasteiger partial charge in [-0.2, -0.15) is 4.99 Å². The Kier molecular flexibility index (Phi) is 5.01. The number of amidine groups is 1. The molecular formula is C20H19FN2O3S2. The highest BCUT2D eigenvalue weighted by Gasteiger charge is 2.49. The molecule has 2 aromatic rings. The fourth-order valence-electron chi connectivity index (χ4n) is 3.64. The molecule has 2 aliphatic heterocycles. The molecule has 2 atom stereocenters. The molecule has 2 fully saturated rings. The molecule has 8 heteroatoms. The first-order valence-corrected chi connectivity index (χ1v) is 11.6. The van der Waals surface area contributed by atoms with Crippen LogP contribution in [0.15, 0.2) is 53.5 Å². The van der Waals surface area contributed by atoms with E-state index in [1.165, 1.54) is 17.8 Å². The second-order valence-corrected chi connectivity index (χ2v) is 10.4. The van der Waals surface area contributed by atoms with Crippen LogP contribution in [0.4, 0.5) is 10.1 Å². The van der Waals surface area contributed by atoms with Crippen LogP contribution in [0.25, 0.3) is 0 Å². The van der Waals surface area contributed by atoms with Crippen molar-refractivity contribution in [2.45, 2.75) is 24.6 Å². The van der Waals surface area contributed by atoms with Crippen LogP contribution in [0.3, 0.4) is 0 Å². The highest BCUT2D eigenvalue weighted by atomic mass is 32.2. The lowest BCUT2D eigenvalue weighted by atomic mass is 10.1. The summed E-state index contributed by atoms with van der Waals surface area (Å²) in [5.41, 5.74) is 2.17. The van der Waals surface area contributed by atoms with Crippen molar-refractivity contribution < 1.29 is 17.6 Å². The number of carbonyl (C=O) groups excluding carboxylic acids is 1. The second kappa shape index (κ2) is 7.33. The Labute approximate surface area is 167 Å². The second-order valence-electron chi connectivity index (χ2n) is 7.08. The number of aliphatic imine (C=N–C) groups is 1. The number of amides is 1. The molecule has 0 aromatic heterocycles. The Morgan fingerprint density at radius 1 is 1.21 bits per heavy atom. The van der Waals surface area contributed by atoms with Crippen LogP contribution in [0.2, 0.25) is 0 Å². The maximum absolute atomic E-state index is 14.5. The summed E-state index contributed by atoms with van der Waals surface area (Å²) < 4.78 is 38.6. The Morgan fingerprint density at radius 3 is 2.75 bits per heavy atom. The van der Waals surface area contributed by atoms with Crippen LogP contribution in [-0.2, 0) is 21.1 Å². The van der Waals surface area contributed by atoms with E-state index >= 15 is 0 Å². The number of nitrogens with zero attached hydrogens (tertiary/aromatic N) is 2. The third-order valence-electron chi connectivity index (χ3n) is 4.84. The van der Waals surface area contributed by atoms with Crippen molar-refractivity contribution in [3.63, 3.8) is 0 Å². The first kappa shape index (κ1) is 19.1. The molecule has 0 radical (unpaired) electrons. The number of rotatable bonds is 3. The van der Waals surface area contributed by atoms with E-state index in [4.69, 9.17) is 0 Å². The van der Waals surface area contributed by atoms with Gasteiger partial charge in [-0.1, -0.05) is 53.7 Å². The van der Waals surface area contributed by atoms with E-state index in [9.17, 15) is 17.6 Å². The summed E-state index contributed by atoms with van der Waals surface area (Å²) in [5.74, 6) is -0.855. The van der Waals surface area contributed by atoms with Crippen LogP contribution < -0.4 is 4.90 Å². The third kappa shape index (κ3) is 3.84. The van der Waals surface area contributed by atoms with E-state index in [0.29, 0.717) is 5.17 Å². The van der Waals surface area contributed by atoms with Crippen LogP contribution in [0, 0.1) is 12.7 Å². The average molecular weight is 419 g/mol. The molecule has 4 rings (SSSR count). The minimum atomic E-state index is -3.19. The smallest absolute Gasteiger partial charge is 0.252 e. The van der Waals surface area contributed by atoms with E-state index in [0.717, 1.165) is 11.1 Å². The van der Waals surface area contributed by atoms with Crippen LogP contribution in [0.1, 0.15) is 11.1 Å². The summed E-state index contributed by atoms with van der Waals surface area (Å²) >= 11 is 1.25. The fraction of sp³-hybridized carbons (Fsp3) is 0.300. The van der Waals surface area contributed by atoms with Gasteiger partial charge in [-0.25, -0.2) is 12.8 Å². The van der Waals surface area contributed by atoms with Gasteiger partial charge in [0.15, 0.2) is 15.0 Å². The monoisotopic (exact) mass is 418 g/mol. The van der Waals surface area contributed by atoms with Gasteiger partial charge in [-0.3, -0.25) is 4.79 Å². The highest BCUT2D eigenvalue weighted by Crippen LogP contribution is 2.41. The molecule has 2 aliphatic rings. The summed E-state index contributed by atoms with van der Waals surface area (Å²) in [4.78, 5) is 18.4. The first-order chi connectivity index (χ1) is 13.3. The zero-order chi connectivity index (χ0) is 19.9.